The SMILES string of the molecule is O=C1CCCC2=C1C(c1ccc(OCc3ccccc3F)cc1)n1ncnc1N2. The van der Waals surface area contributed by atoms with Crippen molar-refractivity contribution in [2.24, 2.45) is 0 Å². The maximum atomic E-state index is 13.8. The van der Waals surface area contributed by atoms with Gasteiger partial charge in [0.05, 0.1) is 0 Å². The molecule has 1 atom stereocenters. The number of hydrogen-bond acceptors (Lipinski definition) is 5. The Morgan fingerprint density at radius 1 is 1.14 bits per heavy atom. The van der Waals surface area contributed by atoms with Crippen LogP contribution in [0.4, 0.5) is 10.3 Å². The van der Waals surface area contributed by atoms with Gasteiger partial charge in [0.2, 0.25) is 5.95 Å². The zero-order chi connectivity index (χ0) is 19.8. The molecule has 0 saturated carbocycles. The van der Waals surface area contributed by atoms with Gasteiger partial charge in [-0.15, -0.1) is 0 Å². The molecule has 2 aliphatic rings. The number of anilines is 1. The highest BCUT2D eigenvalue weighted by atomic mass is 19.1. The molecule has 2 heterocycles. The molecule has 3 aromatic rings. The molecule has 5 rings (SSSR count). The van der Waals surface area contributed by atoms with Crippen LogP contribution in [0.5, 0.6) is 5.75 Å². The van der Waals surface area contributed by atoms with Crippen molar-refractivity contribution in [3.8, 4) is 5.75 Å². The van der Waals surface area contributed by atoms with Gasteiger partial charge in [-0.2, -0.15) is 10.1 Å². The monoisotopic (exact) mass is 390 g/mol. The van der Waals surface area contributed by atoms with Crippen LogP contribution in [-0.2, 0) is 11.4 Å². The number of carbonyl (C=O) groups excluding carboxylic acids is 1. The van der Waals surface area contributed by atoms with Crippen molar-refractivity contribution in [1.82, 2.24) is 14.8 Å². The summed E-state index contributed by atoms with van der Waals surface area (Å²) in [5.41, 5.74) is 3.13. The number of hydrogen-bond donors (Lipinski definition) is 1. The largest absolute Gasteiger partial charge is 0.489 e. The molecular formula is C22H19FN4O2. The fraction of sp³-hybridized carbons (Fsp3) is 0.227. The molecule has 1 aliphatic heterocycles. The summed E-state index contributed by atoms with van der Waals surface area (Å²) in [5.74, 6) is 1.13. The number of nitrogens with zero attached hydrogens (tertiary/aromatic N) is 3. The number of ether oxygens (including phenoxy) is 1. The minimum absolute atomic E-state index is 0.143. The number of allylic oxidation sites excluding steroid dienone is 2. The Hall–Kier alpha value is -3.48. The molecule has 29 heavy (non-hydrogen) atoms. The quantitative estimate of drug-likeness (QED) is 0.729. The van der Waals surface area contributed by atoms with Gasteiger partial charge in [-0.3, -0.25) is 4.79 Å². The summed E-state index contributed by atoms with van der Waals surface area (Å²) in [6.45, 7) is 0.153. The van der Waals surface area contributed by atoms with Crippen LogP contribution in [0.2, 0.25) is 0 Å². The minimum atomic E-state index is -0.308. The normalized spacial score (nSPS) is 18.1. The first-order valence-electron chi connectivity index (χ1n) is 9.59. The standard InChI is InChI=1S/C22H19FN4O2/c23-17-5-2-1-4-15(17)12-29-16-10-8-14(9-11-16)21-20-18(6-3-7-19(20)28)26-22-24-13-25-27(21)22/h1-2,4-5,8-11,13,21H,3,6-7,12H2,(H,24,25,26). The number of fused-ring (bicyclic) bond motifs is 1. The molecular weight excluding hydrogens is 371 g/mol. The summed E-state index contributed by atoms with van der Waals surface area (Å²) in [7, 11) is 0. The average molecular weight is 390 g/mol. The molecule has 0 fully saturated rings. The third-order valence-corrected chi connectivity index (χ3v) is 5.36. The van der Waals surface area contributed by atoms with Crippen LogP contribution in [0.15, 0.2) is 66.1 Å². The van der Waals surface area contributed by atoms with Crippen molar-refractivity contribution >= 4 is 11.7 Å². The number of carbonyl (C=O) groups is 1. The lowest BCUT2D eigenvalue weighted by molar-refractivity contribution is -0.116. The van der Waals surface area contributed by atoms with E-state index < -0.39 is 0 Å². The maximum absolute atomic E-state index is 13.8. The molecule has 2 aromatic carbocycles. The van der Waals surface area contributed by atoms with E-state index in [1.54, 1.807) is 22.9 Å². The number of ketones is 1. The highest BCUT2D eigenvalue weighted by Crippen LogP contribution is 2.39. The first-order valence-corrected chi connectivity index (χ1v) is 9.59. The molecule has 0 saturated heterocycles. The Kier molecular flexibility index (Phi) is 4.35. The van der Waals surface area contributed by atoms with Gasteiger partial charge in [0.1, 0.15) is 30.5 Å². The minimum Gasteiger partial charge on any atom is -0.489 e. The van der Waals surface area contributed by atoms with Gasteiger partial charge in [-0.1, -0.05) is 30.3 Å². The molecule has 0 amide bonds. The second-order valence-corrected chi connectivity index (χ2v) is 7.17. The fourth-order valence-electron chi connectivity index (χ4n) is 3.93. The van der Waals surface area contributed by atoms with Crippen molar-refractivity contribution in [1.29, 1.82) is 0 Å². The lowest BCUT2D eigenvalue weighted by Crippen LogP contribution is -2.31. The van der Waals surface area contributed by atoms with E-state index in [-0.39, 0.29) is 24.2 Å². The molecule has 1 unspecified atom stereocenters. The predicted molar refractivity (Wildman–Crippen MR) is 105 cm³/mol. The van der Waals surface area contributed by atoms with Crippen molar-refractivity contribution in [2.45, 2.75) is 31.9 Å². The summed E-state index contributed by atoms with van der Waals surface area (Å²) < 4.78 is 21.2. The van der Waals surface area contributed by atoms with Crippen LogP contribution in [0.3, 0.4) is 0 Å². The lowest BCUT2D eigenvalue weighted by atomic mass is 9.85. The maximum Gasteiger partial charge on any atom is 0.226 e. The Bertz CT molecular complexity index is 1100. The Balaban J connectivity index is 1.42. The first kappa shape index (κ1) is 17.6. The van der Waals surface area contributed by atoms with Crippen molar-refractivity contribution in [3.63, 3.8) is 0 Å². The highest BCUT2D eigenvalue weighted by molar-refractivity contribution is 5.99. The van der Waals surface area contributed by atoms with Gasteiger partial charge in [0.15, 0.2) is 5.78 Å². The number of rotatable bonds is 4. The second kappa shape index (κ2) is 7.16. The van der Waals surface area contributed by atoms with Crippen LogP contribution < -0.4 is 10.1 Å². The summed E-state index contributed by atoms with van der Waals surface area (Å²) in [4.78, 5) is 17.0. The number of benzene rings is 2. The van der Waals surface area contributed by atoms with E-state index in [9.17, 15) is 9.18 Å². The van der Waals surface area contributed by atoms with Crippen molar-refractivity contribution in [2.75, 3.05) is 5.32 Å². The third kappa shape index (κ3) is 3.18. The molecule has 1 aromatic heterocycles. The summed E-state index contributed by atoms with van der Waals surface area (Å²) in [6.07, 6.45) is 3.71. The van der Waals surface area contributed by atoms with E-state index in [0.29, 0.717) is 23.7 Å². The molecule has 0 radical (unpaired) electrons. The second-order valence-electron chi connectivity index (χ2n) is 7.17. The number of aromatic nitrogens is 3. The first-order chi connectivity index (χ1) is 14.2. The Morgan fingerprint density at radius 3 is 2.79 bits per heavy atom. The van der Waals surface area contributed by atoms with Crippen LogP contribution >= 0.6 is 0 Å². The Morgan fingerprint density at radius 2 is 1.97 bits per heavy atom. The summed E-state index contributed by atoms with van der Waals surface area (Å²) >= 11 is 0. The molecule has 146 valence electrons. The average Bonchev–Trinajstić information content (AvgIpc) is 3.20. The van der Waals surface area contributed by atoms with E-state index in [1.165, 1.54) is 12.4 Å². The molecule has 0 bridgehead atoms. The van der Waals surface area contributed by atoms with E-state index in [1.807, 2.05) is 24.3 Å². The van der Waals surface area contributed by atoms with Crippen LogP contribution in [0, 0.1) is 5.82 Å². The van der Waals surface area contributed by atoms with Crippen LogP contribution in [0.1, 0.15) is 36.4 Å². The lowest BCUT2D eigenvalue weighted by Gasteiger charge is -2.32. The van der Waals surface area contributed by atoms with E-state index in [0.717, 1.165) is 29.7 Å². The van der Waals surface area contributed by atoms with Crippen LogP contribution in [0.25, 0.3) is 0 Å². The third-order valence-electron chi connectivity index (χ3n) is 5.36. The topological polar surface area (TPSA) is 69.0 Å². The zero-order valence-corrected chi connectivity index (χ0v) is 15.6. The molecule has 0 spiro atoms. The van der Waals surface area contributed by atoms with Crippen molar-refractivity contribution in [3.05, 3.63) is 83.1 Å². The number of Topliss-reactive ketones (excluding diaryl/α,β-unsaturated/α-hetero) is 1. The smallest absolute Gasteiger partial charge is 0.226 e. The van der Waals surface area contributed by atoms with Crippen LogP contribution in [-0.4, -0.2) is 20.5 Å². The summed E-state index contributed by atoms with van der Waals surface area (Å²) in [5, 5.41) is 7.58. The van der Waals surface area contributed by atoms with Gasteiger partial charge in [0.25, 0.3) is 0 Å². The van der Waals surface area contributed by atoms with E-state index in [2.05, 4.69) is 15.4 Å². The zero-order valence-electron chi connectivity index (χ0n) is 15.6. The highest BCUT2D eigenvalue weighted by Gasteiger charge is 2.35. The van der Waals surface area contributed by atoms with E-state index in [4.69, 9.17) is 4.74 Å². The summed E-state index contributed by atoms with van der Waals surface area (Å²) in [6, 6.07) is 13.8. The van der Waals surface area contributed by atoms with Gasteiger partial charge in [-0.25, -0.2) is 9.07 Å². The van der Waals surface area contributed by atoms with E-state index >= 15 is 0 Å². The molecule has 1 N–H and O–H groups in total. The predicted octanol–water partition coefficient (Wildman–Crippen LogP) is 4.02. The fourth-order valence-corrected chi connectivity index (χ4v) is 3.93. The molecule has 1 aliphatic carbocycles. The van der Waals surface area contributed by atoms with Gasteiger partial charge in [0, 0.05) is 23.3 Å². The van der Waals surface area contributed by atoms with Gasteiger partial charge >= 0.3 is 0 Å². The Labute approximate surface area is 167 Å². The molecule has 7 heteroatoms. The molecule has 6 nitrogen and oxygen atoms in total. The van der Waals surface area contributed by atoms with Crippen molar-refractivity contribution < 1.29 is 13.9 Å². The van der Waals surface area contributed by atoms with Gasteiger partial charge in [-0.05, 0) is 36.6 Å². The number of nitrogens with one attached hydrogen (secondary N) is 1. The van der Waals surface area contributed by atoms with Gasteiger partial charge < -0.3 is 10.1 Å². The number of halogens is 1.